The SMILES string of the molecule is Cl.Nc1nonc1C(=O)NCCNCc1ccc(-c2cc(Cl)cc(Cl)c2)o1. The molecule has 0 spiro atoms. The van der Waals surface area contributed by atoms with E-state index in [4.69, 9.17) is 33.4 Å². The van der Waals surface area contributed by atoms with Gasteiger partial charge in [0.15, 0.2) is 0 Å². The van der Waals surface area contributed by atoms with Crippen LogP contribution in [0.25, 0.3) is 11.3 Å². The average molecular weight is 433 g/mol. The van der Waals surface area contributed by atoms with Crippen LogP contribution in [0, 0.1) is 0 Å². The molecule has 0 saturated carbocycles. The summed E-state index contributed by atoms with van der Waals surface area (Å²) in [4.78, 5) is 11.8. The summed E-state index contributed by atoms with van der Waals surface area (Å²) in [5.74, 6) is 0.934. The molecule has 2 aromatic heterocycles. The maximum Gasteiger partial charge on any atom is 0.277 e. The van der Waals surface area contributed by atoms with Crippen LogP contribution in [0.3, 0.4) is 0 Å². The molecule has 1 amide bonds. The van der Waals surface area contributed by atoms with Crippen molar-refractivity contribution in [1.82, 2.24) is 20.9 Å². The van der Waals surface area contributed by atoms with E-state index in [0.717, 1.165) is 11.3 Å². The van der Waals surface area contributed by atoms with Crippen molar-refractivity contribution in [3.63, 3.8) is 0 Å². The molecule has 4 N–H and O–H groups in total. The number of carbonyl (C=O) groups excluding carboxylic acids is 1. The molecule has 3 aromatic rings. The number of rotatable bonds is 7. The lowest BCUT2D eigenvalue weighted by Gasteiger charge is -2.04. The first kappa shape index (κ1) is 21.0. The number of nitrogens with one attached hydrogen (secondary N) is 2. The van der Waals surface area contributed by atoms with Crippen LogP contribution in [0.15, 0.2) is 39.4 Å². The largest absolute Gasteiger partial charge is 0.460 e. The predicted octanol–water partition coefficient (Wildman–Crippen LogP) is 3.16. The van der Waals surface area contributed by atoms with E-state index in [-0.39, 0.29) is 23.9 Å². The van der Waals surface area contributed by atoms with Crippen molar-refractivity contribution < 1.29 is 13.8 Å². The van der Waals surface area contributed by atoms with E-state index < -0.39 is 5.91 Å². The number of furan rings is 1. The zero-order valence-electron chi connectivity index (χ0n) is 13.9. The first-order valence-electron chi connectivity index (χ1n) is 7.65. The number of aromatic nitrogens is 2. The van der Waals surface area contributed by atoms with Crippen LogP contribution in [0.2, 0.25) is 10.0 Å². The number of halogens is 3. The molecular formula is C16H16Cl3N5O3. The topological polar surface area (TPSA) is 119 Å². The number of nitrogen functional groups attached to an aromatic ring is 1. The van der Waals surface area contributed by atoms with Crippen LogP contribution in [0.5, 0.6) is 0 Å². The number of carbonyl (C=O) groups is 1. The first-order valence-corrected chi connectivity index (χ1v) is 8.40. The van der Waals surface area contributed by atoms with Crippen LogP contribution in [0.4, 0.5) is 5.82 Å². The number of hydrogen-bond donors (Lipinski definition) is 3. The molecule has 0 aliphatic heterocycles. The third-order valence-corrected chi connectivity index (χ3v) is 3.86. The van der Waals surface area contributed by atoms with E-state index in [1.807, 2.05) is 12.1 Å². The lowest BCUT2D eigenvalue weighted by atomic mass is 10.2. The van der Waals surface area contributed by atoms with Gasteiger partial charge in [0.1, 0.15) is 11.5 Å². The molecule has 0 atom stereocenters. The van der Waals surface area contributed by atoms with Gasteiger partial charge in [-0.3, -0.25) is 4.79 Å². The van der Waals surface area contributed by atoms with Gasteiger partial charge >= 0.3 is 0 Å². The first-order chi connectivity index (χ1) is 12.5. The molecule has 3 rings (SSSR count). The van der Waals surface area contributed by atoms with Gasteiger partial charge in [-0.15, -0.1) is 12.4 Å². The Hall–Kier alpha value is -2.26. The molecule has 0 unspecified atom stereocenters. The summed E-state index contributed by atoms with van der Waals surface area (Å²) in [5.41, 5.74) is 6.22. The van der Waals surface area contributed by atoms with Crippen LogP contribution in [-0.4, -0.2) is 29.3 Å². The van der Waals surface area contributed by atoms with Crippen molar-refractivity contribution in [2.24, 2.45) is 0 Å². The summed E-state index contributed by atoms with van der Waals surface area (Å²) in [6.07, 6.45) is 0. The van der Waals surface area contributed by atoms with Gasteiger partial charge in [-0.2, -0.15) is 0 Å². The molecule has 0 bridgehead atoms. The lowest BCUT2D eigenvalue weighted by Crippen LogP contribution is -2.32. The van der Waals surface area contributed by atoms with Crippen molar-refractivity contribution in [2.75, 3.05) is 18.8 Å². The summed E-state index contributed by atoms with van der Waals surface area (Å²) < 4.78 is 10.1. The highest BCUT2D eigenvalue weighted by Crippen LogP contribution is 2.28. The molecule has 27 heavy (non-hydrogen) atoms. The highest BCUT2D eigenvalue weighted by atomic mass is 35.5. The van der Waals surface area contributed by atoms with Gasteiger partial charge in [0, 0.05) is 28.7 Å². The Labute approximate surface area is 170 Å². The molecule has 0 aliphatic rings. The van der Waals surface area contributed by atoms with Gasteiger partial charge in [-0.05, 0) is 40.6 Å². The van der Waals surface area contributed by atoms with E-state index in [2.05, 4.69) is 25.6 Å². The predicted molar refractivity (Wildman–Crippen MR) is 104 cm³/mol. The fraction of sp³-hybridized carbons (Fsp3) is 0.188. The number of anilines is 1. The molecule has 1 aromatic carbocycles. The monoisotopic (exact) mass is 431 g/mol. The Morgan fingerprint density at radius 1 is 1.11 bits per heavy atom. The van der Waals surface area contributed by atoms with Crippen molar-refractivity contribution in [3.8, 4) is 11.3 Å². The maximum atomic E-state index is 11.8. The second-order valence-electron chi connectivity index (χ2n) is 5.35. The summed E-state index contributed by atoms with van der Waals surface area (Å²) >= 11 is 12.0. The summed E-state index contributed by atoms with van der Waals surface area (Å²) in [6, 6.07) is 8.93. The zero-order valence-corrected chi connectivity index (χ0v) is 16.2. The highest BCUT2D eigenvalue weighted by Gasteiger charge is 2.14. The zero-order chi connectivity index (χ0) is 18.5. The number of amides is 1. The van der Waals surface area contributed by atoms with Crippen LogP contribution in [0.1, 0.15) is 16.2 Å². The third kappa shape index (κ3) is 5.61. The number of benzene rings is 1. The lowest BCUT2D eigenvalue weighted by molar-refractivity contribution is 0.0944. The fourth-order valence-corrected chi connectivity index (χ4v) is 2.76. The summed E-state index contributed by atoms with van der Waals surface area (Å²) in [7, 11) is 0. The Bertz CT molecular complexity index is 892. The summed E-state index contributed by atoms with van der Waals surface area (Å²) in [6.45, 7) is 1.40. The normalized spacial score (nSPS) is 10.4. The average Bonchev–Trinajstić information content (AvgIpc) is 3.22. The molecule has 2 heterocycles. The maximum absolute atomic E-state index is 11.8. The molecule has 0 radical (unpaired) electrons. The van der Waals surface area contributed by atoms with Gasteiger partial charge in [0.25, 0.3) is 5.91 Å². The Morgan fingerprint density at radius 2 is 1.85 bits per heavy atom. The number of hydrogen-bond acceptors (Lipinski definition) is 7. The van der Waals surface area contributed by atoms with Crippen molar-refractivity contribution >= 4 is 47.3 Å². The molecule has 11 heteroatoms. The second kappa shape index (κ2) is 9.61. The van der Waals surface area contributed by atoms with E-state index >= 15 is 0 Å². The standard InChI is InChI=1S/C16H15Cl2N5O3.ClH/c17-10-5-9(6-11(18)7-10)13-2-1-12(25-13)8-20-3-4-21-16(24)14-15(19)23-26-22-14;/h1-2,5-7,20H,3-4,8H2,(H2,19,23)(H,21,24);1H. The van der Waals surface area contributed by atoms with Gasteiger partial charge < -0.3 is 20.8 Å². The molecule has 0 aliphatic carbocycles. The quantitative estimate of drug-likeness (QED) is 0.491. The third-order valence-electron chi connectivity index (χ3n) is 3.42. The second-order valence-corrected chi connectivity index (χ2v) is 6.23. The highest BCUT2D eigenvalue weighted by molar-refractivity contribution is 6.35. The minimum absolute atomic E-state index is 0. The van der Waals surface area contributed by atoms with Gasteiger partial charge in [-0.25, -0.2) is 4.63 Å². The number of nitrogens with two attached hydrogens (primary N) is 1. The van der Waals surface area contributed by atoms with Crippen molar-refractivity contribution in [3.05, 3.63) is 51.8 Å². The van der Waals surface area contributed by atoms with Gasteiger partial charge in [0.2, 0.25) is 11.5 Å². The Morgan fingerprint density at radius 3 is 2.52 bits per heavy atom. The number of nitrogens with zero attached hydrogens (tertiary/aromatic N) is 2. The van der Waals surface area contributed by atoms with E-state index in [1.165, 1.54) is 0 Å². The molecule has 0 fully saturated rings. The van der Waals surface area contributed by atoms with Crippen molar-refractivity contribution in [2.45, 2.75) is 6.54 Å². The van der Waals surface area contributed by atoms with E-state index in [0.29, 0.717) is 35.4 Å². The minimum atomic E-state index is -0.441. The van der Waals surface area contributed by atoms with Crippen LogP contribution in [-0.2, 0) is 6.54 Å². The Kier molecular flexibility index (Phi) is 7.49. The molecular weight excluding hydrogens is 417 g/mol. The van der Waals surface area contributed by atoms with Gasteiger partial charge in [-0.1, -0.05) is 23.2 Å². The molecule has 0 saturated heterocycles. The van der Waals surface area contributed by atoms with Gasteiger partial charge in [0.05, 0.1) is 6.54 Å². The Balaban J connectivity index is 0.00000261. The minimum Gasteiger partial charge on any atom is -0.460 e. The van der Waals surface area contributed by atoms with E-state index in [1.54, 1.807) is 18.2 Å². The summed E-state index contributed by atoms with van der Waals surface area (Å²) in [5, 5.41) is 13.7. The van der Waals surface area contributed by atoms with Crippen LogP contribution < -0.4 is 16.4 Å². The molecule has 8 nitrogen and oxygen atoms in total. The molecule has 144 valence electrons. The van der Waals surface area contributed by atoms with Crippen LogP contribution >= 0.6 is 35.6 Å². The smallest absolute Gasteiger partial charge is 0.277 e. The van der Waals surface area contributed by atoms with Crippen molar-refractivity contribution in [1.29, 1.82) is 0 Å². The fourth-order valence-electron chi connectivity index (χ4n) is 2.24. The van der Waals surface area contributed by atoms with E-state index in [9.17, 15) is 4.79 Å².